The Balaban J connectivity index is 1.91. The van der Waals surface area contributed by atoms with Crippen LogP contribution in [0.4, 0.5) is 0 Å². The number of hydrogen-bond donors (Lipinski definition) is 0. The Kier molecular flexibility index (Phi) is 5.74. The molecule has 0 saturated carbocycles. The van der Waals surface area contributed by atoms with Crippen LogP contribution < -0.4 is 10.4 Å². The van der Waals surface area contributed by atoms with Crippen molar-refractivity contribution >= 4 is 16.8 Å². The van der Waals surface area contributed by atoms with E-state index in [1.165, 1.54) is 6.07 Å². The van der Waals surface area contributed by atoms with Gasteiger partial charge in [0.05, 0.1) is 0 Å². The molecule has 0 saturated heterocycles. The highest BCUT2D eigenvalue weighted by molar-refractivity contribution is 5.80. The molecule has 4 heteroatoms. The summed E-state index contributed by atoms with van der Waals surface area (Å²) in [6, 6.07) is 8.52. The summed E-state index contributed by atoms with van der Waals surface area (Å²) in [7, 11) is 0. The third-order valence-electron chi connectivity index (χ3n) is 3.69. The number of fused-ring (bicyclic) bond motifs is 1. The molecule has 2 rings (SSSR count). The zero-order chi connectivity index (χ0) is 16.8. The van der Waals surface area contributed by atoms with Crippen molar-refractivity contribution in [2.24, 2.45) is 5.92 Å². The van der Waals surface area contributed by atoms with Crippen LogP contribution in [-0.4, -0.2) is 12.4 Å². The van der Waals surface area contributed by atoms with Crippen LogP contribution in [0.5, 0.6) is 5.75 Å². The minimum atomic E-state index is -0.375. The second-order valence-electron chi connectivity index (χ2n) is 5.94. The summed E-state index contributed by atoms with van der Waals surface area (Å²) >= 11 is 0. The van der Waals surface area contributed by atoms with Crippen LogP contribution in [0, 0.1) is 5.92 Å². The molecule has 4 nitrogen and oxygen atoms in total. The molecular formula is C19H22O4. The summed E-state index contributed by atoms with van der Waals surface area (Å²) in [6.45, 7) is 6.26. The van der Waals surface area contributed by atoms with Crippen molar-refractivity contribution in [3.05, 3.63) is 52.4 Å². The molecule has 0 radical (unpaired) electrons. The molecule has 0 N–H and O–H groups in total. The van der Waals surface area contributed by atoms with Crippen LogP contribution >= 0.6 is 0 Å². The number of ketones is 1. The molecule has 0 fully saturated rings. The summed E-state index contributed by atoms with van der Waals surface area (Å²) in [5.74, 6) is 1.02. The second-order valence-corrected chi connectivity index (χ2v) is 5.94. The van der Waals surface area contributed by atoms with Gasteiger partial charge in [-0.3, -0.25) is 4.79 Å². The Labute approximate surface area is 135 Å². The predicted molar refractivity (Wildman–Crippen MR) is 90.8 cm³/mol. The molecule has 0 bridgehead atoms. The van der Waals surface area contributed by atoms with E-state index in [1.807, 2.05) is 39.0 Å². The van der Waals surface area contributed by atoms with Gasteiger partial charge in [0.1, 0.15) is 23.7 Å². The van der Waals surface area contributed by atoms with Crippen LogP contribution in [0.2, 0.25) is 0 Å². The van der Waals surface area contributed by atoms with Gasteiger partial charge < -0.3 is 9.15 Å². The van der Waals surface area contributed by atoms with Gasteiger partial charge in [-0.15, -0.1) is 0 Å². The molecular weight excluding hydrogens is 292 g/mol. The Morgan fingerprint density at radius 3 is 2.70 bits per heavy atom. The van der Waals surface area contributed by atoms with Gasteiger partial charge in [-0.25, -0.2) is 4.79 Å². The molecule has 0 aliphatic heterocycles. The van der Waals surface area contributed by atoms with E-state index in [0.717, 1.165) is 17.4 Å². The largest absolute Gasteiger partial charge is 0.489 e. The summed E-state index contributed by atoms with van der Waals surface area (Å²) in [5.41, 5.74) is 1.27. The zero-order valence-corrected chi connectivity index (χ0v) is 13.8. The van der Waals surface area contributed by atoms with Crippen molar-refractivity contribution in [2.75, 3.05) is 6.61 Å². The first-order valence-electron chi connectivity index (χ1n) is 7.81. The van der Waals surface area contributed by atoms with Crippen LogP contribution in [-0.2, 0) is 4.79 Å². The van der Waals surface area contributed by atoms with Crippen molar-refractivity contribution in [1.29, 1.82) is 0 Å². The lowest BCUT2D eigenvalue weighted by Crippen LogP contribution is -2.06. The number of Topliss-reactive ketones (excluding diaryl/α,β-unsaturated/α-hetero) is 1. The fourth-order valence-electron chi connectivity index (χ4n) is 2.12. The van der Waals surface area contributed by atoms with E-state index in [4.69, 9.17) is 9.15 Å². The highest BCUT2D eigenvalue weighted by Gasteiger charge is 2.06. The molecule has 0 amide bonds. The lowest BCUT2D eigenvalue weighted by atomic mass is 10.0. The summed E-state index contributed by atoms with van der Waals surface area (Å²) in [6.07, 6.45) is 3.30. The molecule has 23 heavy (non-hydrogen) atoms. The van der Waals surface area contributed by atoms with Crippen LogP contribution in [0.3, 0.4) is 0 Å². The lowest BCUT2D eigenvalue weighted by molar-refractivity contribution is -0.121. The van der Waals surface area contributed by atoms with Crippen molar-refractivity contribution in [1.82, 2.24) is 0 Å². The molecule has 0 atom stereocenters. The average Bonchev–Trinajstić information content (AvgIpc) is 2.52. The fourth-order valence-corrected chi connectivity index (χ4v) is 2.12. The van der Waals surface area contributed by atoms with Gasteiger partial charge >= 0.3 is 5.63 Å². The van der Waals surface area contributed by atoms with Crippen molar-refractivity contribution in [2.45, 2.75) is 33.6 Å². The molecule has 122 valence electrons. The SMILES string of the molecule is C/C(=C\COc1ccc2ccc(=O)oc2c1)CCC(=O)C(C)C. The summed E-state index contributed by atoms with van der Waals surface area (Å²) in [4.78, 5) is 22.8. The van der Waals surface area contributed by atoms with Gasteiger partial charge in [0.2, 0.25) is 0 Å². The lowest BCUT2D eigenvalue weighted by Gasteiger charge is -2.06. The summed E-state index contributed by atoms with van der Waals surface area (Å²) < 4.78 is 10.8. The Morgan fingerprint density at radius 2 is 1.96 bits per heavy atom. The smallest absolute Gasteiger partial charge is 0.336 e. The number of allylic oxidation sites excluding steroid dienone is 1. The van der Waals surface area contributed by atoms with Gasteiger partial charge in [0.25, 0.3) is 0 Å². The highest BCUT2D eigenvalue weighted by atomic mass is 16.5. The number of hydrogen-bond acceptors (Lipinski definition) is 4. The van der Waals surface area contributed by atoms with Crippen molar-refractivity contribution in [3.63, 3.8) is 0 Å². The first-order chi connectivity index (χ1) is 11.0. The molecule has 0 aliphatic carbocycles. The standard InChI is InChI=1S/C19H22O4/c1-13(2)17(20)8-4-14(3)10-11-22-16-7-5-15-6-9-19(21)23-18(15)12-16/h5-7,9-10,12-13H,4,8,11H2,1-3H3/b14-10+. The van der Waals surface area contributed by atoms with Gasteiger partial charge in [0.15, 0.2) is 0 Å². The first-order valence-corrected chi connectivity index (χ1v) is 7.81. The number of rotatable bonds is 7. The van der Waals surface area contributed by atoms with E-state index in [2.05, 4.69) is 0 Å². The van der Waals surface area contributed by atoms with Gasteiger partial charge in [0, 0.05) is 29.9 Å². The minimum Gasteiger partial charge on any atom is -0.489 e. The second kappa shape index (κ2) is 7.77. The maximum absolute atomic E-state index is 11.6. The third kappa shape index (κ3) is 5.09. The average molecular weight is 314 g/mol. The maximum atomic E-state index is 11.6. The van der Waals surface area contributed by atoms with Crippen molar-refractivity contribution in [3.8, 4) is 5.75 Å². The Bertz CT molecular complexity index is 768. The van der Waals surface area contributed by atoms with Crippen LogP contribution in [0.15, 0.2) is 51.2 Å². The molecule has 0 spiro atoms. The Hall–Kier alpha value is -2.36. The van der Waals surface area contributed by atoms with E-state index in [9.17, 15) is 9.59 Å². The van der Waals surface area contributed by atoms with Crippen LogP contribution in [0.25, 0.3) is 11.0 Å². The molecule has 1 heterocycles. The highest BCUT2D eigenvalue weighted by Crippen LogP contribution is 2.19. The first kappa shape index (κ1) is 17.0. The van der Waals surface area contributed by atoms with Gasteiger partial charge in [-0.2, -0.15) is 0 Å². The van der Waals surface area contributed by atoms with E-state index in [-0.39, 0.29) is 17.3 Å². The van der Waals surface area contributed by atoms with Crippen molar-refractivity contribution < 1.29 is 13.9 Å². The summed E-state index contributed by atoms with van der Waals surface area (Å²) in [5, 5.41) is 0.857. The van der Waals surface area contributed by atoms with E-state index in [1.54, 1.807) is 12.1 Å². The van der Waals surface area contributed by atoms with E-state index < -0.39 is 0 Å². The molecule has 1 aromatic carbocycles. The molecule has 1 aromatic heterocycles. The predicted octanol–water partition coefficient (Wildman–Crippen LogP) is 4.12. The third-order valence-corrected chi connectivity index (χ3v) is 3.69. The zero-order valence-electron chi connectivity index (χ0n) is 13.8. The maximum Gasteiger partial charge on any atom is 0.336 e. The fraction of sp³-hybridized carbons (Fsp3) is 0.368. The molecule has 2 aromatic rings. The van der Waals surface area contributed by atoms with E-state index >= 15 is 0 Å². The molecule has 0 aliphatic rings. The number of carbonyl (C=O) groups excluding carboxylic acids is 1. The van der Waals surface area contributed by atoms with E-state index in [0.29, 0.717) is 24.4 Å². The monoisotopic (exact) mass is 314 g/mol. The number of carbonyl (C=O) groups is 1. The molecule has 0 unspecified atom stereocenters. The topological polar surface area (TPSA) is 56.5 Å². The number of benzene rings is 1. The Morgan fingerprint density at radius 1 is 1.22 bits per heavy atom. The minimum absolute atomic E-state index is 0.0892. The normalized spacial score (nSPS) is 11.9. The van der Waals surface area contributed by atoms with Gasteiger partial charge in [-0.1, -0.05) is 19.4 Å². The van der Waals surface area contributed by atoms with Crippen LogP contribution in [0.1, 0.15) is 33.6 Å². The number of ether oxygens (including phenoxy) is 1. The quantitative estimate of drug-likeness (QED) is 0.570. The van der Waals surface area contributed by atoms with Gasteiger partial charge in [-0.05, 0) is 37.6 Å².